The van der Waals surface area contributed by atoms with E-state index in [0.29, 0.717) is 11.4 Å². The molecular weight excluding hydrogens is 373 g/mol. The first-order valence-corrected chi connectivity index (χ1v) is 8.08. The third-order valence-corrected chi connectivity index (χ3v) is 3.66. The third-order valence-electron chi connectivity index (χ3n) is 3.66. The molecule has 0 aliphatic heterocycles. The van der Waals surface area contributed by atoms with Crippen molar-refractivity contribution in [1.29, 1.82) is 0 Å². The minimum absolute atomic E-state index is 0.00221. The second-order valence-corrected chi connectivity index (χ2v) is 5.66. The fraction of sp³-hybridized carbons (Fsp3) is 0.105. The SMILES string of the molecule is COc1cccc(NC(=O)c2ccnc(Nc3cccc(C(F)(F)F)c3)n2)c1. The molecule has 6 nitrogen and oxygen atoms in total. The molecule has 1 heterocycles. The van der Waals surface area contributed by atoms with Crippen LogP contribution in [-0.2, 0) is 6.18 Å². The Kier molecular flexibility index (Phi) is 5.44. The van der Waals surface area contributed by atoms with Gasteiger partial charge in [-0.2, -0.15) is 13.2 Å². The Hall–Kier alpha value is -3.62. The molecule has 0 unspecified atom stereocenters. The number of amides is 1. The van der Waals surface area contributed by atoms with Gasteiger partial charge in [-0.1, -0.05) is 12.1 Å². The Morgan fingerprint density at radius 1 is 1.04 bits per heavy atom. The lowest BCUT2D eigenvalue weighted by Crippen LogP contribution is -2.15. The molecule has 0 fully saturated rings. The Morgan fingerprint density at radius 3 is 2.54 bits per heavy atom. The number of methoxy groups -OCH3 is 1. The summed E-state index contributed by atoms with van der Waals surface area (Å²) in [5, 5.41) is 5.34. The predicted molar refractivity (Wildman–Crippen MR) is 97.7 cm³/mol. The van der Waals surface area contributed by atoms with Crippen LogP contribution in [0.1, 0.15) is 16.1 Å². The summed E-state index contributed by atoms with van der Waals surface area (Å²) in [4.78, 5) is 20.4. The molecule has 0 radical (unpaired) electrons. The molecule has 28 heavy (non-hydrogen) atoms. The monoisotopic (exact) mass is 388 g/mol. The van der Waals surface area contributed by atoms with Crippen molar-refractivity contribution >= 4 is 23.2 Å². The number of hydrogen-bond donors (Lipinski definition) is 2. The van der Waals surface area contributed by atoms with Crippen LogP contribution < -0.4 is 15.4 Å². The highest BCUT2D eigenvalue weighted by molar-refractivity contribution is 6.03. The van der Waals surface area contributed by atoms with Gasteiger partial charge in [0.1, 0.15) is 11.4 Å². The van der Waals surface area contributed by atoms with Crippen molar-refractivity contribution in [3.8, 4) is 5.75 Å². The normalized spacial score (nSPS) is 11.0. The number of benzene rings is 2. The quantitative estimate of drug-likeness (QED) is 0.673. The zero-order valence-corrected chi connectivity index (χ0v) is 14.6. The van der Waals surface area contributed by atoms with E-state index >= 15 is 0 Å². The average Bonchev–Trinajstić information content (AvgIpc) is 2.68. The van der Waals surface area contributed by atoms with Gasteiger partial charge in [0.25, 0.3) is 5.91 Å². The van der Waals surface area contributed by atoms with Gasteiger partial charge in [-0.25, -0.2) is 9.97 Å². The molecule has 2 aromatic carbocycles. The van der Waals surface area contributed by atoms with Gasteiger partial charge in [0.05, 0.1) is 12.7 Å². The molecule has 9 heteroatoms. The number of alkyl halides is 3. The Labute approximate surface area is 158 Å². The highest BCUT2D eigenvalue weighted by Crippen LogP contribution is 2.31. The van der Waals surface area contributed by atoms with E-state index in [1.54, 1.807) is 24.3 Å². The number of anilines is 3. The summed E-state index contributed by atoms with van der Waals surface area (Å²) in [5.74, 6) is 0.0766. The molecule has 3 aromatic rings. The van der Waals surface area contributed by atoms with Crippen LogP contribution >= 0.6 is 0 Å². The van der Waals surface area contributed by atoms with E-state index < -0.39 is 17.6 Å². The number of carbonyl (C=O) groups excluding carboxylic acids is 1. The van der Waals surface area contributed by atoms with Gasteiger partial charge in [0, 0.05) is 23.6 Å². The van der Waals surface area contributed by atoms with Crippen molar-refractivity contribution in [3.63, 3.8) is 0 Å². The van der Waals surface area contributed by atoms with Crippen LogP contribution in [0, 0.1) is 0 Å². The maximum absolute atomic E-state index is 12.8. The lowest BCUT2D eigenvalue weighted by Gasteiger charge is -2.10. The van der Waals surface area contributed by atoms with E-state index in [2.05, 4.69) is 20.6 Å². The first-order chi connectivity index (χ1) is 13.3. The molecular formula is C19H15F3N4O2. The number of carbonyl (C=O) groups is 1. The van der Waals surface area contributed by atoms with Crippen LogP contribution in [0.4, 0.5) is 30.5 Å². The van der Waals surface area contributed by atoms with Crippen molar-refractivity contribution in [2.24, 2.45) is 0 Å². The summed E-state index contributed by atoms with van der Waals surface area (Å²) in [6.45, 7) is 0. The first-order valence-electron chi connectivity index (χ1n) is 8.08. The maximum atomic E-state index is 12.8. The summed E-state index contributed by atoms with van der Waals surface area (Å²) in [6.07, 6.45) is -3.12. The van der Waals surface area contributed by atoms with Crippen molar-refractivity contribution in [2.75, 3.05) is 17.7 Å². The molecule has 0 aliphatic rings. The van der Waals surface area contributed by atoms with Gasteiger partial charge in [-0.05, 0) is 36.4 Å². The average molecular weight is 388 g/mol. The summed E-state index contributed by atoms with van der Waals surface area (Å²) < 4.78 is 43.5. The fourth-order valence-corrected chi connectivity index (χ4v) is 2.34. The molecule has 3 rings (SSSR count). The van der Waals surface area contributed by atoms with Crippen LogP contribution in [0.25, 0.3) is 0 Å². The number of ether oxygens (including phenoxy) is 1. The number of aromatic nitrogens is 2. The Morgan fingerprint density at radius 2 is 1.79 bits per heavy atom. The second kappa shape index (κ2) is 7.95. The molecule has 1 amide bonds. The van der Waals surface area contributed by atoms with E-state index in [4.69, 9.17) is 4.74 Å². The lowest BCUT2D eigenvalue weighted by molar-refractivity contribution is -0.137. The van der Waals surface area contributed by atoms with E-state index in [1.807, 2.05) is 0 Å². The van der Waals surface area contributed by atoms with Gasteiger partial charge >= 0.3 is 6.18 Å². The minimum atomic E-state index is -4.46. The van der Waals surface area contributed by atoms with Gasteiger partial charge < -0.3 is 15.4 Å². The van der Waals surface area contributed by atoms with Crippen LogP contribution in [-0.4, -0.2) is 23.0 Å². The molecule has 2 N–H and O–H groups in total. The highest BCUT2D eigenvalue weighted by atomic mass is 19.4. The number of rotatable bonds is 5. The number of nitrogens with zero attached hydrogens (tertiary/aromatic N) is 2. The summed E-state index contributed by atoms with van der Waals surface area (Å²) in [6, 6.07) is 12.8. The Bertz CT molecular complexity index is 993. The molecule has 0 bridgehead atoms. The molecule has 144 valence electrons. The largest absolute Gasteiger partial charge is 0.497 e. The van der Waals surface area contributed by atoms with E-state index in [1.165, 1.54) is 31.5 Å². The van der Waals surface area contributed by atoms with Gasteiger partial charge in [0.2, 0.25) is 5.95 Å². The number of hydrogen-bond acceptors (Lipinski definition) is 5. The van der Waals surface area contributed by atoms with Crippen molar-refractivity contribution in [2.45, 2.75) is 6.18 Å². The van der Waals surface area contributed by atoms with E-state index in [9.17, 15) is 18.0 Å². The van der Waals surface area contributed by atoms with Crippen molar-refractivity contribution in [3.05, 3.63) is 72.1 Å². The van der Waals surface area contributed by atoms with Crippen molar-refractivity contribution < 1.29 is 22.7 Å². The predicted octanol–water partition coefficient (Wildman–Crippen LogP) is 4.50. The topological polar surface area (TPSA) is 76.1 Å². The van der Waals surface area contributed by atoms with E-state index in [0.717, 1.165) is 12.1 Å². The molecule has 0 spiro atoms. The van der Waals surface area contributed by atoms with Crippen LogP contribution in [0.2, 0.25) is 0 Å². The molecule has 0 atom stereocenters. The molecule has 0 aliphatic carbocycles. The summed E-state index contributed by atoms with van der Waals surface area (Å²) in [7, 11) is 1.51. The lowest BCUT2D eigenvalue weighted by atomic mass is 10.2. The standard InChI is InChI=1S/C19H15F3N4O2/c1-28-15-7-3-6-14(11-15)24-17(27)16-8-9-23-18(26-16)25-13-5-2-4-12(10-13)19(20,21)22/h2-11H,1H3,(H,24,27)(H,23,25,26). The highest BCUT2D eigenvalue weighted by Gasteiger charge is 2.30. The van der Waals surface area contributed by atoms with Crippen LogP contribution in [0.15, 0.2) is 60.8 Å². The third kappa shape index (κ3) is 4.76. The maximum Gasteiger partial charge on any atom is 0.416 e. The zero-order valence-electron chi connectivity index (χ0n) is 14.6. The summed E-state index contributed by atoms with van der Waals surface area (Å²) >= 11 is 0. The van der Waals surface area contributed by atoms with Gasteiger partial charge in [-0.15, -0.1) is 0 Å². The second-order valence-electron chi connectivity index (χ2n) is 5.66. The van der Waals surface area contributed by atoms with E-state index in [-0.39, 0.29) is 17.3 Å². The molecule has 0 saturated carbocycles. The van der Waals surface area contributed by atoms with Gasteiger partial charge in [0.15, 0.2) is 0 Å². The molecule has 1 aromatic heterocycles. The van der Waals surface area contributed by atoms with Gasteiger partial charge in [-0.3, -0.25) is 4.79 Å². The van der Waals surface area contributed by atoms with Crippen LogP contribution in [0.5, 0.6) is 5.75 Å². The minimum Gasteiger partial charge on any atom is -0.497 e. The fourth-order valence-electron chi connectivity index (χ4n) is 2.34. The Balaban J connectivity index is 1.76. The summed E-state index contributed by atoms with van der Waals surface area (Å²) in [5.41, 5.74) is -0.0905. The smallest absolute Gasteiger partial charge is 0.416 e. The number of nitrogens with one attached hydrogen (secondary N) is 2. The number of halogens is 3. The van der Waals surface area contributed by atoms with Crippen molar-refractivity contribution in [1.82, 2.24) is 9.97 Å². The zero-order chi connectivity index (χ0) is 20.1. The first kappa shape index (κ1) is 19.2. The molecule has 0 saturated heterocycles. The van der Waals surface area contributed by atoms with Crippen LogP contribution in [0.3, 0.4) is 0 Å².